The Morgan fingerprint density at radius 2 is 0.631 bits per heavy atom. The van der Waals surface area contributed by atoms with Crippen molar-refractivity contribution >= 4 is 0 Å². The van der Waals surface area contributed by atoms with Crippen molar-refractivity contribution in [2.45, 2.75) is 55.1 Å². The molecule has 4 heteroatoms. The predicted molar refractivity (Wildman–Crippen MR) is 352 cm³/mol. The van der Waals surface area contributed by atoms with Crippen LogP contribution >= 0.6 is 0 Å². The third-order valence-electron chi connectivity index (χ3n) is 15.1. The average molecular weight is 1110 g/mol. The van der Waals surface area contributed by atoms with Gasteiger partial charge in [-0.15, -0.1) is 0 Å². The molecule has 0 bridgehead atoms. The van der Waals surface area contributed by atoms with Crippen LogP contribution in [0.5, 0.6) is 0 Å². The topological polar surface area (TPSA) is 15.5 Å². The third kappa shape index (κ3) is 14.3. The molecule has 0 aliphatic heterocycles. The molecule has 0 unspecified atom stereocenters. The van der Waals surface area contributed by atoms with Gasteiger partial charge in [-0.1, -0.05) is 187 Å². The normalized spacial score (nSPS) is 13.3. The maximum atomic E-state index is 7.93. The molecule has 4 nitrogen and oxygen atoms in total. The first-order valence-electron chi connectivity index (χ1n) is 34.1. The summed E-state index contributed by atoms with van der Waals surface area (Å²) in [7, 11) is 7.78. The highest BCUT2D eigenvalue weighted by Crippen LogP contribution is 2.32. The van der Waals surface area contributed by atoms with E-state index in [4.69, 9.17) is 16.4 Å². The van der Waals surface area contributed by atoms with E-state index in [-0.39, 0.29) is 5.56 Å². The number of aromatic nitrogens is 4. The molecular weight excluding hydrogens is 1020 g/mol. The van der Waals surface area contributed by atoms with Gasteiger partial charge in [0.25, 0.3) is 0 Å². The Morgan fingerprint density at radius 3 is 1.08 bits per heavy atom. The van der Waals surface area contributed by atoms with Gasteiger partial charge in [0.15, 0.2) is 24.8 Å². The van der Waals surface area contributed by atoms with Crippen LogP contribution in [0.25, 0.3) is 89.5 Å². The molecule has 12 aromatic rings. The van der Waals surface area contributed by atoms with E-state index >= 15 is 0 Å². The second kappa shape index (κ2) is 27.4. The van der Waals surface area contributed by atoms with Gasteiger partial charge in [-0.2, -0.15) is 0 Å². The zero-order chi connectivity index (χ0) is 69.3. The molecule has 416 valence electrons. The number of benzene rings is 8. The van der Waals surface area contributed by atoms with Crippen LogP contribution in [0.15, 0.2) is 267 Å². The van der Waals surface area contributed by atoms with Crippen molar-refractivity contribution in [1.82, 2.24) is 0 Å². The number of pyridine rings is 4. The molecule has 0 aliphatic carbocycles. The summed E-state index contributed by atoms with van der Waals surface area (Å²) in [5.74, 6) is 0. The Bertz CT molecular complexity index is 4660. The fourth-order valence-corrected chi connectivity index (χ4v) is 10.5. The lowest BCUT2D eigenvalue weighted by Crippen LogP contribution is -2.31. The molecule has 0 fully saturated rings. The number of aryl methyl sites for hydroxylation is 12. The Kier molecular flexibility index (Phi) is 14.7. The molecule has 0 saturated heterocycles. The van der Waals surface area contributed by atoms with Crippen LogP contribution in [0.3, 0.4) is 0 Å². The van der Waals surface area contributed by atoms with Crippen molar-refractivity contribution in [2.24, 2.45) is 28.2 Å². The molecular formula is C80H80N4+4. The van der Waals surface area contributed by atoms with E-state index in [1.54, 1.807) is 54.3 Å². The SMILES string of the molecule is Cc1cc(-c2ccccc2)ccc1-c1cccc[n+]1C.[2H]C([2H])([2H])c1c[n+](C)c(-c2ccccc2C)cc1-c1ccccc1.[2H]C([2H])([2H])c1ccc(-c2cc(-c3ccccc3)c(C([2H])([2H])[2H])c[n+]2C)c(C)c1.[2H]C([2H])([2H])c1ccc(-c2cc(-c3ccccc3)cc[n+]2C)c(C)c1. The van der Waals surface area contributed by atoms with Crippen molar-refractivity contribution < 1.29 is 34.7 Å². The fraction of sp³-hybridized carbons (Fsp3) is 0.150. The van der Waals surface area contributed by atoms with E-state index in [0.29, 0.717) is 22.3 Å². The highest BCUT2D eigenvalue weighted by Gasteiger charge is 2.19. The van der Waals surface area contributed by atoms with E-state index in [1.165, 1.54) is 27.9 Å². The summed E-state index contributed by atoms with van der Waals surface area (Å²) in [6.45, 7) is -0.577. The summed E-state index contributed by atoms with van der Waals surface area (Å²) in [6.07, 6.45) is 7.49. The van der Waals surface area contributed by atoms with Gasteiger partial charge in [-0.05, 0) is 152 Å². The zero-order valence-electron chi connectivity index (χ0n) is 61.2. The van der Waals surface area contributed by atoms with Gasteiger partial charge in [0.2, 0.25) is 22.8 Å². The first-order valence-corrected chi connectivity index (χ1v) is 28.1. The molecule has 8 aromatic carbocycles. The summed E-state index contributed by atoms with van der Waals surface area (Å²) >= 11 is 0. The highest BCUT2D eigenvalue weighted by molar-refractivity contribution is 5.75. The van der Waals surface area contributed by atoms with E-state index in [2.05, 4.69) is 139 Å². The molecule has 0 aliphatic rings. The van der Waals surface area contributed by atoms with Crippen LogP contribution in [0.2, 0.25) is 0 Å². The van der Waals surface area contributed by atoms with Gasteiger partial charge >= 0.3 is 0 Å². The molecule has 0 radical (unpaired) electrons. The number of rotatable bonds is 8. The van der Waals surface area contributed by atoms with Gasteiger partial charge in [0, 0.05) is 86.2 Å². The summed E-state index contributed by atoms with van der Waals surface area (Å²) < 4.78 is 101. The van der Waals surface area contributed by atoms with Crippen LogP contribution in [-0.4, -0.2) is 0 Å². The van der Waals surface area contributed by atoms with Crippen LogP contribution in [0.1, 0.15) is 61.0 Å². The van der Waals surface area contributed by atoms with Crippen molar-refractivity contribution in [1.29, 1.82) is 0 Å². The lowest BCUT2D eigenvalue weighted by atomic mass is 9.97. The average Bonchev–Trinajstić information content (AvgIpc) is 0.786. The fourth-order valence-electron chi connectivity index (χ4n) is 10.5. The number of nitrogens with zero attached hydrogens (tertiary/aromatic N) is 4. The predicted octanol–water partition coefficient (Wildman–Crippen LogP) is 17.8. The quantitative estimate of drug-likeness (QED) is 0.135. The number of hydrogen-bond acceptors (Lipinski definition) is 0. The third-order valence-corrected chi connectivity index (χ3v) is 15.1. The van der Waals surface area contributed by atoms with E-state index in [1.807, 2.05) is 148 Å². The van der Waals surface area contributed by atoms with Gasteiger partial charge in [0.1, 0.15) is 28.2 Å². The first kappa shape index (κ1) is 44.9. The lowest BCUT2D eigenvalue weighted by molar-refractivity contribution is -0.660. The summed E-state index contributed by atoms with van der Waals surface area (Å²) in [5.41, 5.74) is 22.0. The molecule has 4 heterocycles. The van der Waals surface area contributed by atoms with Crippen LogP contribution in [-0.2, 0) is 28.2 Å². The summed E-state index contributed by atoms with van der Waals surface area (Å²) in [5, 5.41) is 0. The molecule has 0 spiro atoms. The van der Waals surface area contributed by atoms with Crippen molar-refractivity contribution in [3.05, 3.63) is 312 Å². The van der Waals surface area contributed by atoms with Crippen molar-refractivity contribution in [3.63, 3.8) is 0 Å². The van der Waals surface area contributed by atoms with E-state index in [9.17, 15) is 0 Å². The Morgan fingerprint density at radius 1 is 0.238 bits per heavy atom. The molecule has 0 atom stereocenters. The molecule has 0 amide bonds. The monoisotopic (exact) mass is 1110 g/mol. The van der Waals surface area contributed by atoms with Gasteiger partial charge in [-0.25, -0.2) is 18.3 Å². The maximum absolute atomic E-state index is 7.93. The minimum atomic E-state index is -2.25. The Labute approximate surface area is 517 Å². The van der Waals surface area contributed by atoms with E-state index < -0.39 is 27.4 Å². The van der Waals surface area contributed by atoms with Crippen LogP contribution < -0.4 is 18.3 Å². The lowest BCUT2D eigenvalue weighted by Gasteiger charge is -2.10. The highest BCUT2D eigenvalue weighted by atomic mass is 14.9. The molecule has 0 N–H and O–H groups in total. The second-order valence-electron chi connectivity index (χ2n) is 21.2. The van der Waals surface area contributed by atoms with Gasteiger partial charge in [0.05, 0.1) is 0 Å². The smallest absolute Gasteiger partial charge is 0.201 e. The largest absolute Gasteiger partial charge is 0.213 e. The maximum Gasteiger partial charge on any atom is 0.213 e. The molecule has 84 heavy (non-hydrogen) atoms. The number of hydrogen-bond donors (Lipinski definition) is 0. The zero-order valence-corrected chi connectivity index (χ0v) is 49.2. The minimum absolute atomic E-state index is 0.279. The summed E-state index contributed by atoms with van der Waals surface area (Å²) in [4.78, 5) is 0. The molecule has 12 rings (SSSR count). The van der Waals surface area contributed by atoms with Crippen LogP contribution in [0.4, 0.5) is 0 Å². The minimum Gasteiger partial charge on any atom is -0.201 e. The van der Waals surface area contributed by atoms with Crippen LogP contribution in [0, 0.1) is 55.1 Å². The second-order valence-corrected chi connectivity index (χ2v) is 21.2. The summed E-state index contributed by atoms with van der Waals surface area (Å²) in [6, 6.07) is 79.5. The molecule has 4 aromatic heterocycles. The Hall–Kier alpha value is -9.64. The van der Waals surface area contributed by atoms with Gasteiger partial charge in [-0.3, -0.25) is 0 Å². The van der Waals surface area contributed by atoms with Crippen molar-refractivity contribution in [3.8, 4) is 89.5 Å². The Balaban J connectivity index is 0.000000151. The van der Waals surface area contributed by atoms with Gasteiger partial charge < -0.3 is 0 Å². The molecule has 0 saturated carbocycles. The van der Waals surface area contributed by atoms with E-state index in [0.717, 1.165) is 78.3 Å². The van der Waals surface area contributed by atoms with Crippen molar-refractivity contribution in [2.75, 3.05) is 0 Å². The standard InChI is InChI=1S/C21H22N.2C20H20N.C19H18N/c1-15-10-11-19(16(2)12-15)21-13-20(17(3)14-22(21)4)18-8-6-5-7-9-18;1-15-9-7-8-12-18(15)20-13-19(16(2)14-21(20)3)17-10-5-4-6-11-17;1-15-9-10-19(16(2)13-15)20-14-18(11-12-21(20)3)17-7-5-4-6-8-17;1-15-14-17(16-8-4-3-5-9-16)11-12-18(15)19-10-6-7-13-20(19)2/h5-14H,1-4H3;2*4-14H,1-3H3;3-14H,1-2H3/q4*+1/i1D3,3D3;2D3;1D3;. The first-order chi connectivity index (χ1) is 45.5.